The van der Waals surface area contributed by atoms with E-state index in [1.807, 2.05) is 0 Å². The van der Waals surface area contributed by atoms with Crippen LogP contribution in [-0.2, 0) is 4.43 Å². The Hall–Kier alpha value is 0.774. The van der Waals surface area contributed by atoms with Crippen LogP contribution < -0.4 is 0 Å². The molecule has 0 heterocycles. The van der Waals surface area contributed by atoms with E-state index in [2.05, 4.69) is 37.7 Å². The van der Waals surface area contributed by atoms with Crippen molar-refractivity contribution in [1.29, 1.82) is 0 Å². The van der Waals surface area contributed by atoms with Crippen molar-refractivity contribution in [2.24, 2.45) is 0 Å². The SMILES string of the molecule is [Li][CH](CC)O[SiH](C)C. The molecule has 0 rings (SSSR count). The first-order chi connectivity index (χ1) is 3.66. The predicted molar refractivity (Wildman–Crippen MR) is 39.8 cm³/mol. The van der Waals surface area contributed by atoms with E-state index in [-0.39, 0.29) is 0 Å². The summed E-state index contributed by atoms with van der Waals surface area (Å²) in [4.78, 5) is 0. The molecule has 0 bridgehead atoms. The maximum absolute atomic E-state index is 5.54. The molecule has 44 valence electrons. The van der Waals surface area contributed by atoms with Crippen LogP contribution in [0.5, 0.6) is 0 Å². The van der Waals surface area contributed by atoms with Gasteiger partial charge in [-0.15, -0.1) is 0 Å². The van der Waals surface area contributed by atoms with Gasteiger partial charge in [0.2, 0.25) is 0 Å². The summed E-state index contributed by atoms with van der Waals surface area (Å²) in [6, 6.07) is 0. The zero-order chi connectivity index (χ0) is 6.57. The Morgan fingerprint density at radius 3 is 2.25 bits per heavy atom. The van der Waals surface area contributed by atoms with Gasteiger partial charge in [0.15, 0.2) is 0 Å². The van der Waals surface area contributed by atoms with Gasteiger partial charge in [-0.3, -0.25) is 0 Å². The second-order valence-corrected chi connectivity index (χ2v) is 4.77. The van der Waals surface area contributed by atoms with Crippen LogP contribution in [0.3, 0.4) is 0 Å². The van der Waals surface area contributed by atoms with E-state index in [0.717, 1.165) is 6.42 Å². The molecule has 3 heteroatoms. The van der Waals surface area contributed by atoms with E-state index in [9.17, 15) is 0 Å². The van der Waals surface area contributed by atoms with Gasteiger partial charge in [0.05, 0.1) is 0 Å². The molecule has 1 nitrogen and oxygen atoms in total. The molecule has 0 N–H and O–H groups in total. The Morgan fingerprint density at radius 2 is 2.12 bits per heavy atom. The first kappa shape index (κ1) is 8.77. The van der Waals surface area contributed by atoms with Gasteiger partial charge in [0.1, 0.15) is 0 Å². The molecule has 0 aliphatic rings. The monoisotopic (exact) mass is 124 g/mol. The van der Waals surface area contributed by atoms with Gasteiger partial charge in [-0.2, -0.15) is 0 Å². The average molecular weight is 124 g/mol. The van der Waals surface area contributed by atoms with Gasteiger partial charge < -0.3 is 0 Å². The van der Waals surface area contributed by atoms with Crippen molar-refractivity contribution in [2.75, 3.05) is 0 Å². The quantitative estimate of drug-likeness (QED) is 0.508. The summed E-state index contributed by atoms with van der Waals surface area (Å²) in [5.74, 6) is 0. The van der Waals surface area contributed by atoms with E-state index < -0.39 is 9.04 Å². The van der Waals surface area contributed by atoms with E-state index in [0.29, 0.717) is 4.78 Å². The minimum atomic E-state index is -0.746. The van der Waals surface area contributed by atoms with Crippen molar-refractivity contribution in [3.63, 3.8) is 0 Å². The van der Waals surface area contributed by atoms with Crippen molar-refractivity contribution >= 4 is 26.8 Å². The average Bonchev–Trinajstić information content (AvgIpc) is 1.65. The van der Waals surface area contributed by atoms with E-state index in [1.54, 1.807) is 0 Å². The van der Waals surface area contributed by atoms with E-state index in [4.69, 9.17) is 4.43 Å². The van der Waals surface area contributed by atoms with E-state index in [1.165, 1.54) is 0 Å². The summed E-state index contributed by atoms with van der Waals surface area (Å²) < 4.78 is 6.03. The molecule has 0 spiro atoms. The van der Waals surface area contributed by atoms with Crippen molar-refractivity contribution < 1.29 is 4.43 Å². The van der Waals surface area contributed by atoms with E-state index >= 15 is 0 Å². The van der Waals surface area contributed by atoms with Gasteiger partial charge in [-0.25, -0.2) is 0 Å². The Balaban J connectivity index is 3.10. The first-order valence-corrected chi connectivity index (χ1v) is 6.10. The van der Waals surface area contributed by atoms with Gasteiger partial charge in [-0.1, -0.05) is 0 Å². The molecule has 0 aromatic carbocycles. The molecule has 8 heavy (non-hydrogen) atoms. The normalized spacial score (nSPS) is 14.8. The molecular weight excluding hydrogens is 111 g/mol. The fourth-order valence-corrected chi connectivity index (χ4v) is 1.68. The van der Waals surface area contributed by atoms with Crippen LogP contribution in [0.25, 0.3) is 0 Å². The topological polar surface area (TPSA) is 9.23 Å². The van der Waals surface area contributed by atoms with Crippen LogP contribution in [-0.4, -0.2) is 31.5 Å². The molecule has 0 aromatic rings. The molecule has 1 atom stereocenters. The summed E-state index contributed by atoms with van der Waals surface area (Å²) >= 11 is 2.13. The van der Waals surface area contributed by atoms with Crippen LogP contribution in [0.15, 0.2) is 0 Å². The Kier molecular flexibility index (Phi) is 5.08. The Morgan fingerprint density at radius 1 is 1.62 bits per heavy atom. The van der Waals surface area contributed by atoms with Crippen LogP contribution in [0.4, 0.5) is 0 Å². The van der Waals surface area contributed by atoms with Crippen LogP contribution >= 0.6 is 0 Å². The second-order valence-electron chi connectivity index (χ2n) is 2.40. The molecule has 0 saturated heterocycles. The predicted octanol–water partition coefficient (Wildman–Crippen LogP) is 0.891. The zero-order valence-corrected chi connectivity index (χ0v) is 7.42. The molecule has 0 amide bonds. The first-order valence-electron chi connectivity index (χ1n) is 3.32. The van der Waals surface area contributed by atoms with Gasteiger partial charge >= 0.3 is 62.4 Å². The van der Waals surface area contributed by atoms with Crippen LogP contribution in [0.2, 0.25) is 13.1 Å². The summed E-state index contributed by atoms with van der Waals surface area (Å²) in [6.45, 7) is 6.56. The van der Waals surface area contributed by atoms with Crippen molar-refractivity contribution in [1.82, 2.24) is 0 Å². The van der Waals surface area contributed by atoms with Gasteiger partial charge in [-0.05, 0) is 0 Å². The molecular formula is C5H13LiOSi. The Bertz CT molecular complexity index is 58.4. The molecule has 0 radical (unpaired) electrons. The zero-order valence-electron chi connectivity index (χ0n) is 6.27. The van der Waals surface area contributed by atoms with Crippen LogP contribution in [0.1, 0.15) is 13.3 Å². The standard InChI is InChI=1S/C5H13OSi.Li/c1-4-5-6-7(2)3;/h5,7H,4H2,1-3H3;. The number of hydrogen-bond donors (Lipinski definition) is 0. The molecule has 1 unspecified atom stereocenters. The van der Waals surface area contributed by atoms with Crippen molar-refractivity contribution in [3.8, 4) is 0 Å². The Labute approximate surface area is 62.7 Å². The third kappa shape index (κ3) is 4.92. The summed E-state index contributed by atoms with van der Waals surface area (Å²) in [6.07, 6.45) is 1.14. The summed E-state index contributed by atoms with van der Waals surface area (Å²) in [7, 11) is -0.746. The fraction of sp³-hybridized carbons (Fsp3) is 1.00. The number of rotatable bonds is 3. The third-order valence-electron chi connectivity index (χ3n) is 1.08. The fourth-order valence-electron chi connectivity index (χ4n) is 0.561. The molecule has 0 aliphatic heterocycles. The summed E-state index contributed by atoms with van der Waals surface area (Å²) in [5, 5.41) is 0. The van der Waals surface area contributed by atoms with Gasteiger partial charge in [0, 0.05) is 0 Å². The molecule has 0 saturated carbocycles. The minimum absolute atomic E-state index is 0.488. The molecule has 0 fully saturated rings. The number of hydrogen-bond acceptors (Lipinski definition) is 1. The molecule has 0 aliphatic carbocycles. The van der Waals surface area contributed by atoms with Crippen LogP contribution in [0, 0.1) is 0 Å². The van der Waals surface area contributed by atoms with Crippen molar-refractivity contribution in [2.45, 2.75) is 31.2 Å². The summed E-state index contributed by atoms with van der Waals surface area (Å²) in [5.41, 5.74) is 0. The van der Waals surface area contributed by atoms with Gasteiger partial charge in [0.25, 0.3) is 0 Å². The second kappa shape index (κ2) is 4.63. The van der Waals surface area contributed by atoms with Crippen molar-refractivity contribution in [3.05, 3.63) is 0 Å². The third-order valence-corrected chi connectivity index (χ3v) is 2.09. The molecule has 0 aromatic heterocycles. The maximum atomic E-state index is 5.54.